The van der Waals surface area contributed by atoms with E-state index in [1.54, 1.807) is 0 Å². The molecule has 0 unspecified atom stereocenters. The van der Waals surface area contributed by atoms with E-state index in [4.69, 9.17) is 26.8 Å². The first-order valence-electron chi connectivity index (χ1n) is 8.62. The van der Waals surface area contributed by atoms with Crippen LogP contribution in [0.1, 0.15) is 31.7 Å². The fraction of sp³-hybridized carbons (Fsp3) is 0.611. The minimum absolute atomic E-state index is 0. The normalized spacial score (nSPS) is 17.0. The number of nitrogens with one attached hydrogen (secondary N) is 1. The Morgan fingerprint density at radius 2 is 2.08 bits per heavy atom. The molecule has 3 N–H and O–H groups in total. The Morgan fingerprint density at radius 1 is 1.36 bits per heavy atom. The van der Waals surface area contributed by atoms with Crippen LogP contribution in [0.2, 0.25) is 5.02 Å². The molecule has 0 aromatic heterocycles. The molecule has 1 saturated heterocycles. The zero-order valence-corrected chi connectivity index (χ0v) is 17.9. The standard InChI is InChI=1S/C18H28ClN3O2.HI/c1-2-23-11-5-10-21-17(20)22-14-18(8-12-24-13-9-18)15-6-3-4-7-16(15)19;/h3-4,6-7H,2,5,8-14H2,1H3,(H3,20,21,22);1H. The van der Waals surface area contributed by atoms with Crippen molar-refractivity contribution in [3.05, 3.63) is 34.9 Å². The summed E-state index contributed by atoms with van der Waals surface area (Å²) in [5, 5.41) is 3.94. The number of benzene rings is 1. The number of guanidine groups is 1. The van der Waals surface area contributed by atoms with Gasteiger partial charge in [0, 0.05) is 43.4 Å². The summed E-state index contributed by atoms with van der Waals surface area (Å²) in [6, 6.07) is 8.01. The highest BCUT2D eigenvalue weighted by Gasteiger charge is 2.35. The number of aliphatic imine (C=N–C) groups is 1. The van der Waals surface area contributed by atoms with Gasteiger partial charge >= 0.3 is 0 Å². The van der Waals surface area contributed by atoms with Crippen LogP contribution in [-0.2, 0) is 14.9 Å². The molecule has 0 atom stereocenters. The molecule has 7 heteroatoms. The van der Waals surface area contributed by atoms with Gasteiger partial charge in [0.15, 0.2) is 5.96 Å². The zero-order chi connectivity index (χ0) is 17.3. The van der Waals surface area contributed by atoms with E-state index in [1.807, 2.05) is 25.1 Å². The summed E-state index contributed by atoms with van der Waals surface area (Å²) in [6.45, 7) is 6.29. The molecule has 0 spiro atoms. The molecule has 0 radical (unpaired) electrons. The Kier molecular flexibility index (Phi) is 10.7. The van der Waals surface area contributed by atoms with Crippen molar-refractivity contribution in [1.82, 2.24) is 5.32 Å². The molecule has 5 nitrogen and oxygen atoms in total. The van der Waals surface area contributed by atoms with E-state index in [2.05, 4.69) is 16.4 Å². The summed E-state index contributed by atoms with van der Waals surface area (Å²) >= 11 is 6.44. The third-order valence-electron chi connectivity index (χ3n) is 4.42. The number of hydrogen-bond donors (Lipinski definition) is 2. The molecule has 1 fully saturated rings. The van der Waals surface area contributed by atoms with Crippen LogP contribution < -0.4 is 11.1 Å². The van der Waals surface area contributed by atoms with Crippen LogP contribution in [0.4, 0.5) is 0 Å². The van der Waals surface area contributed by atoms with Gasteiger partial charge in [-0.25, -0.2) is 0 Å². The van der Waals surface area contributed by atoms with Gasteiger partial charge in [-0.1, -0.05) is 29.8 Å². The summed E-state index contributed by atoms with van der Waals surface area (Å²) in [5.41, 5.74) is 7.05. The lowest BCUT2D eigenvalue weighted by Gasteiger charge is -2.37. The van der Waals surface area contributed by atoms with Gasteiger partial charge in [-0.3, -0.25) is 4.99 Å². The maximum Gasteiger partial charge on any atom is 0.188 e. The van der Waals surface area contributed by atoms with Crippen molar-refractivity contribution in [2.75, 3.05) is 39.5 Å². The van der Waals surface area contributed by atoms with Crippen molar-refractivity contribution in [2.45, 2.75) is 31.6 Å². The van der Waals surface area contributed by atoms with Gasteiger partial charge in [-0.15, -0.1) is 24.0 Å². The van der Waals surface area contributed by atoms with E-state index in [0.29, 0.717) is 12.5 Å². The largest absolute Gasteiger partial charge is 0.382 e. The van der Waals surface area contributed by atoms with Crippen LogP contribution >= 0.6 is 35.6 Å². The van der Waals surface area contributed by atoms with Gasteiger partial charge < -0.3 is 20.5 Å². The van der Waals surface area contributed by atoms with Crippen LogP contribution in [0, 0.1) is 0 Å². The van der Waals surface area contributed by atoms with Crippen molar-refractivity contribution >= 4 is 41.5 Å². The molecule has 0 amide bonds. The summed E-state index contributed by atoms with van der Waals surface area (Å²) in [7, 11) is 0. The predicted octanol–water partition coefficient (Wildman–Crippen LogP) is 3.34. The summed E-state index contributed by atoms with van der Waals surface area (Å²) in [5.74, 6) is 0.476. The average Bonchev–Trinajstić information content (AvgIpc) is 2.61. The molecular weight excluding hydrogens is 453 g/mol. The van der Waals surface area contributed by atoms with E-state index in [0.717, 1.165) is 62.8 Å². The Hall–Kier alpha value is -0.570. The highest BCUT2D eigenvalue weighted by molar-refractivity contribution is 14.0. The van der Waals surface area contributed by atoms with Crippen molar-refractivity contribution < 1.29 is 9.47 Å². The summed E-state index contributed by atoms with van der Waals surface area (Å²) in [4.78, 5) is 4.58. The van der Waals surface area contributed by atoms with E-state index < -0.39 is 0 Å². The van der Waals surface area contributed by atoms with E-state index in [1.165, 1.54) is 0 Å². The Labute approximate surface area is 172 Å². The number of halogens is 2. The molecule has 1 aliphatic heterocycles. The Balaban J connectivity index is 0.00000312. The smallest absolute Gasteiger partial charge is 0.188 e. The van der Waals surface area contributed by atoms with Crippen LogP contribution in [0.5, 0.6) is 0 Å². The maximum atomic E-state index is 6.44. The number of hydrogen-bond acceptors (Lipinski definition) is 3. The van der Waals surface area contributed by atoms with E-state index >= 15 is 0 Å². The number of ether oxygens (including phenoxy) is 2. The molecular formula is C18H29ClIN3O2. The van der Waals surface area contributed by atoms with Crippen LogP contribution in [0.3, 0.4) is 0 Å². The molecule has 2 rings (SSSR count). The highest BCUT2D eigenvalue weighted by atomic mass is 127. The molecule has 0 bridgehead atoms. The van der Waals surface area contributed by atoms with Crippen LogP contribution in [0.15, 0.2) is 29.3 Å². The minimum Gasteiger partial charge on any atom is -0.382 e. The molecule has 142 valence electrons. The zero-order valence-electron chi connectivity index (χ0n) is 14.8. The lowest BCUT2D eigenvalue weighted by Crippen LogP contribution is -2.39. The second kappa shape index (κ2) is 11.9. The fourth-order valence-corrected chi connectivity index (χ4v) is 3.33. The molecule has 0 saturated carbocycles. The lowest BCUT2D eigenvalue weighted by molar-refractivity contribution is 0.0531. The third-order valence-corrected chi connectivity index (χ3v) is 4.75. The second-order valence-electron chi connectivity index (χ2n) is 6.05. The van der Waals surface area contributed by atoms with Crippen molar-refractivity contribution in [3.8, 4) is 0 Å². The Morgan fingerprint density at radius 3 is 2.76 bits per heavy atom. The van der Waals surface area contributed by atoms with Crippen molar-refractivity contribution in [3.63, 3.8) is 0 Å². The van der Waals surface area contributed by atoms with Gasteiger partial charge in [0.2, 0.25) is 0 Å². The monoisotopic (exact) mass is 481 g/mol. The van der Waals surface area contributed by atoms with Crippen molar-refractivity contribution in [2.24, 2.45) is 10.7 Å². The van der Waals surface area contributed by atoms with Crippen molar-refractivity contribution in [1.29, 1.82) is 0 Å². The lowest BCUT2D eigenvalue weighted by atomic mass is 9.74. The fourth-order valence-electron chi connectivity index (χ4n) is 2.99. The first-order chi connectivity index (χ1) is 11.7. The molecule has 1 aromatic rings. The van der Waals surface area contributed by atoms with Crippen LogP contribution in [0.25, 0.3) is 0 Å². The van der Waals surface area contributed by atoms with Gasteiger partial charge in [-0.05, 0) is 37.8 Å². The minimum atomic E-state index is -0.103. The second-order valence-corrected chi connectivity index (χ2v) is 6.46. The summed E-state index contributed by atoms with van der Waals surface area (Å²) in [6.07, 6.45) is 2.71. The molecule has 1 aromatic carbocycles. The average molecular weight is 482 g/mol. The maximum absolute atomic E-state index is 6.44. The van der Waals surface area contributed by atoms with E-state index in [9.17, 15) is 0 Å². The van der Waals surface area contributed by atoms with Gasteiger partial charge in [0.25, 0.3) is 0 Å². The molecule has 1 heterocycles. The summed E-state index contributed by atoms with van der Waals surface area (Å²) < 4.78 is 10.9. The Bertz CT molecular complexity index is 537. The SMILES string of the molecule is CCOCCCNC(N)=NCC1(c2ccccc2Cl)CCOCC1.I. The van der Waals surface area contributed by atoms with Gasteiger partial charge in [-0.2, -0.15) is 0 Å². The number of nitrogens with two attached hydrogens (primary N) is 1. The first-order valence-corrected chi connectivity index (χ1v) is 9.00. The molecule has 0 aliphatic carbocycles. The van der Waals surface area contributed by atoms with Crippen LogP contribution in [-0.4, -0.2) is 45.5 Å². The predicted molar refractivity (Wildman–Crippen MR) is 114 cm³/mol. The highest BCUT2D eigenvalue weighted by Crippen LogP contribution is 2.38. The van der Waals surface area contributed by atoms with Gasteiger partial charge in [0.1, 0.15) is 0 Å². The number of rotatable bonds is 8. The van der Waals surface area contributed by atoms with E-state index in [-0.39, 0.29) is 29.4 Å². The topological polar surface area (TPSA) is 68.9 Å². The first kappa shape index (κ1) is 22.5. The quantitative estimate of drug-likeness (QED) is 0.259. The molecule has 25 heavy (non-hydrogen) atoms. The molecule has 1 aliphatic rings. The third kappa shape index (κ3) is 6.92. The van der Waals surface area contributed by atoms with Gasteiger partial charge in [0.05, 0.1) is 6.54 Å². The number of nitrogens with zero attached hydrogens (tertiary/aromatic N) is 1.